The van der Waals surface area contributed by atoms with E-state index in [9.17, 15) is 4.39 Å². The van der Waals surface area contributed by atoms with Crippen molar-refractivity contribution < 1.29 is 4.39 Å². The Balaban J connectivity index is 0.000000980. The normalized spacial score (nSPS) is 20.6. The van der Waals surface area contributed by atoms with Crippen LogP contribution in [0.3, 0.4) is 0 Å². The molecular formula is C10H12Cl2FN. The second-order valence-corrected chi connectivity index (χ2v) is 3.72. The molecule has 1 aromatic rings. The molecule has 0 aliphatic carbocycles. The van der Waals surface area contributed by atoms with Crippen LogP contribution < -0.4 is 5.32 Å². The van der Waals surface area contributed by atoms with Crippen molar-refractivity contribution >= 4 is 24.0 Å². The van der Waals surface area contributed by atoms with E-state index in [0.29, 0.717) is 5.02 Å². The van der Waals surface area contributed by atoms with Crippen LogP contribution in [-0.2, 0) is 0 Å². The average Bonchev–Trinajstić information content (AvgIpc) is 2.61. The second kappa shape index (κ2) is 4.96. The van der Waals surface area contributed by atoms with Gasteiger partial charge >= 0.3 is 0 Å². The predicted molar refractivity (Wildman–Crippen MR) is 58.6 cm³/mol. The molecule has 1 aliphatic heterocycles. The van der Waals surface area contributed by atoms with Crippen molar-refractivity contribution in [2.45, 2.75) is 18.9 Å². The molecule has 1 heterocycles. The summed E-state index contributed by atoms with van der Waals surface area (Å²) >= 11 is 5.97. The lowest BCUT2D eigenvalue weighted by Gasteiger charge is -2.12. The summed E-state index contributed by atoms with van der Waals surface area (Å²) in [5.41, 5.74) is 0.888. The third kappa shape index (κ3) is 2.38. The summed E-state index contributed by atoms with van der Waals surface area (Å²) in [4.78, 5) is 0. The van der Waals surface area contributed by atoms with Gasteiger partial charge in [-0.25, -0.2) is 4.39 Å². The van der Waals surface area contributed by atoms with Crippen LogP contribution in [0.1, 0.15) is 24.4 Å². The van der Waals surface area contributed by atoms with E-state index < -0.39 is 0 Å². The molecule has 14 heavy (non-hydrogen) atoms. The van der Waals surface area contributed by atoms with Crippen molar-refractivity contribution in [2.24, 2.45) is 0 Å². The van der Waals surface area contributed by atoms with Crippen LogP contribution in [0.15, 0.2) is 18.2 Å². The van der Waals surface area contributed by atoms with Crippen LogP contribution in [0.5, 0.6) is 0 Å². The number of hydrogen-bond donors (Lipinski definition) is 1. The van der Waals surface area contributed by atoms with E-state index in [1.54, 1.807) is 6.07 Å². The highest BCUT2D eigenvalue weighted by molar-refractivity contribution is 6.31. The van der Waals surface area contributed by atoms with Crippen LogP contribution in [0.4, 0.5) is 4.39 Å². The molecule has 0 aromatic heterocycles. The minimum absolute atomic E-state index is 0. The first-order chi connectivity index (χ1) is 6.27. The lowest BCUT2D eigenvalue weighted by Crippen LogP contribution is -2.13. The monoisotopic (exact) mass is 235 g/mol. The molecule has 1 aromatic carbocycles. The third-order valence-corrected chi connectivity index (χ3v) is 2.74. The van der Waals surface area contributed by atoms with Crippen molar-refractivity contribution in [1.82, 2.24) is 5.32 Å². The minimum Gasteiger partial charge on any atom is -0.310 e. The van der Waals surface area contributed by atoms with Crippen LogP contribution in [0.25, 0.3) is 0 Å². The second-order valence-electron chi connectivity index (χ2n) is 3.31. The number of hydrogen-bond acceptors (Lipinski definition) is 1. The lowest BCUT2D eigenvalue weighted by molar-refractivity contribution is 0.607. The lowest BCUT2D eigenvalue weighted by atomic mass is 10.1. The number of halogens is 3. The summed E-state index contributed by atoms with van der Waals surface area (Å²) in [5.74, 6) is -0.215. The Bertz CT molecular complexity index is 311. The molecule has 0 spiro atoms. The van der Waals surface area contributed by atoms with Gasteiger partial charge in [0.25, 0.3) is 0 Å². The van der Waals surface area contributed by atoms with Gasteiger partial charge in [0.2, 0.25) is 0 Å². The van der Waals surface area contributed by atoms with Crippen molar-refractivity contribution in [1.29, 1.82) is 0 Å². The Labute approximate surface area is 94.1 Å². The maximum atomic E-state index is 12.9. The SMILES string of the molecule is Cl.Fc1ccc(Cl)c([C@H]2CCCN2)c1. The van der Waals surface area contributed by atoms with Crippen molar-refractivity contribution in [3.63, 3.8) is 0 Å². The summed E-state index contributed by atoms with van der Waals surface area (Å²) in [7, 11) is 0. The van der Waals surface area contributed by atoms with Gasteiger partial charge in [-0.1, -0.05) is 11.6 Å². The molecule has 0 unspecified atom stereocenters. The van der Waals surface area contributed by atoms with Crippen molar-refractivity contribution in [3.8, 4) is 0 Å². The first kappa shape index (κ1) is 11.8. The Hall–Kier alpha value is -0.310. The van der Waals surface area contributed by atoms with Gasteiger partial charge < -0.3 is 5.32 Å². The maximum absolute atomic E-state index is 12.9. The Morgan fingerprint density at radius 2 is 2.21 bits per heavy atom. The van der Waals surface area contributed by atoms with E-state index in [0.717, 1.165) is 24.9 Å². The van der Waals surface area contributed by atoms with Crippen molar-refractivity contribution in [3.05, 3.63) is 34.6 Å². The highest BCUT2D eigenvalue weighted by atomic mass is 35.5. The van der Waals surface area contributed by atoms with Gasteiger partial charge in [-0.3, -0.25) is 0 Å². The van der Waals surface area contributed by atoms with Gasteiger partial charge in [0.1, 0.15) is 5.82 Å². The molecule has 0 amide bonds. The smallest absolute Gasteiger partial charge is 0.123 e. The Morgan fingerprint density at radius 3 is 2.86 bits per heavy atom. The molecule has 0 saturated carbocycles. The largest absolute Gasteiger partial charge is 0.310 e. The first-order valence-corrected chi connectivity index (χ1v) is 4.83. The molecule has 0 bridgehead atoms. The van der Waals surface area contributed by atoms with E-state index in [2.05, 4.69) is 5.32 Å². The number of benzene rings is 1. The summed E-state index contributed by atoms with van der Waals surface area (Å²) in [6.45, 7) is 0.998. The number of rotatable bonds is 1. The minimum atomic E-state index is -0.215. The first-order valence-electron chi connectivity index (χ1n) is 4.46. The molecule has 0 radical (unpaired) electrons. The van der Waals surface area contributed by atoms with Gasteiger partial charge in [-0.05, 0) is 43.1 Å². The van der Waals surface area contributed by atoms with E-state index in [-0.39, 0.29) is 24.3 Å². The third-order valence-electron chi connectivity index (χ3n) is 2.39. The molecule has 1 nitrogen and oxygen atoms in total. The molecule has 1 atom stereocenters. The summed E-state index contributed by atoms with van der Waals surface area (Å²) < 4.78 is 12.9. The molecule has 78 valence electrons. The molecule has 4 heteroatoms. The summed E-state index contributed by atoms with van der Waals surface area (Å²) in [6, 6.07) is 4.77. The van der Waals surface area contributed by atoms with Gasteiger partial charge in [-0.15, -0.1) is 12.4 Å². The zero-order valence-corrected chi connectivity index (χ0v) is 9.17. The Morgan fingerprint density at radius 1 is 1.43 bits per heavy atom. The Kier molecular flexibility index (Phi) is 4.17. The topological polar surface area (TPSA) is 12.0 Å². The molecule has 1 aliphatic rings. The molecule has 2 rings (SSSR count). The molecular weight excluding hydrogens is 224 g/mol. The molecule has 1 saturated heterocycles. The quantitative estimate of drug-likeness (QED) is 0.788. The van der Waals surface area contributed by atoms with Crippen LogP contribution in [0, 0.1) is 5.82 Å². The van der Waals surface area contributed by atoms with Crippen LogP contribution in [-0.4, -0.2) is 6.54 Å². The standard InChI is InChI=1S/C10H11ClFN.ClH/c11-9-4-3-7(12)6-8(9)10-2-1-5-13-10;/h3-4,6,10,13H,1-2,5H2;1H/t10-;/m1./s1. The highest BCUT2D eigenvalue weighted by Crippen LogP contribution is 2.29. The van der Waals surface area contributed by atoms with Gasteiger partial charge in [0, 0.05) is 11.1 Å². The van der Waals surface area contributed by atoms with E-state index in [1.807, 2.05) is 0 Å². The van der Waals surface area contributed by atoms with E-state index in [4.69, 9.17) is 11.6 Å². The van der Waals surface area contributed by atoms with E-state index >= 15 is 0 Å². The average molecular weight is 236 g/mol. The fraction of sp³-hybridized carbons (Fsp3) is 0.400. The van der Waals surface area contributed by atoms with Crippen LogP contribution >= 0.6 is 24.0 Å². The molecule has 1 N–H and O–H groups in total. The van der Waals surface area contributed by atoms with Crippen molar-refractivity contribution in [2.75, 3.05) is 6.54 Å². The van der Waals surface area contributed by atoms with Crippen LogP contribution in [0.2, 0.25) is 5.02 Å². The summed E-state index contributed by atoms with van der Waals surface area (Å²) in [5, 5.41) is 3.94. The fourth-order valence-electron chi connectivity index (χ4n) is 1.73. The number of nitrogens with one attached hydrogen (secondary N) is 1. The van der Waals surface area contributed by atoms with Gasteiger partial charge in [0.15, 0.2) is 0 Å². The zero-order chi connectivity index (χ0) is 9.26. The highest BCUT2D eigenvalue weighted by Gasteiger charge is 2.18. The zero-order valence-electron chi connectivity index (χ0n) is 7.59. The summed E-state index contributed by atoms with van der Waals surface area (Å²) in [6.07, 6.45) is 2.18. The maximum Gasteiger partial charge on any atom is 0.123 e. The fourth-order valence-corrected chi connectivity index (χ4v) is 1.98. The van der Waals surface area contributed by atoms with Gasteiger partial charge in [0.05, 0.1) is 0 Å². The molecule has 1 fully saturated rings. The van der Waals surface area contributed by atoms with Gasteiger partial charge in [-0.2, -0.15) is 0 Å². The predicted octanol–water partition coefficient (Wildman–Crippen LogP) is 3.33. The van der Waals surface area contributed by atoms with E-state index in [1.165, 1.54) is 12.1 Å².